The number of rotatable bonds is 4. The fraction of sp³-hybridized carbons (Fsp3) is 0.353. The fourth-order valence-corrected chi connectivity index (χ4v) is 4.83. The molecule has 0 radical (unpaired) electrons. The first kappa shape index (κ1) is 17.0. The van der Waals surface area contributed by atoms with Crippen molar-refractivity contribution in [2.24, 2.45) is 0 Å². The second-order valence-corrected chi connectivity index (χ2v) is 8.68. The average molecular weight is 368 g/mol. The molecule has 1 aliphatic heterocycles. The predicted octanol–water partition coefficient (Wildman–Crippen LogP) is 3.07. The van der Waals surface area contributed by atoms with E-state index >= 15 is 0 Å². The molecule has 0 bridgehead atoms. The van der Waals surface area contributed by atoms with Crippen LogP contribution in [-0.2, 0) is 16.4 Å². The van der Waals surface area contributed by atoms with Gasteiger partial charge in [0, 0.05) is 16.6 Å². The van der Waals surface area contributed by atoms with Crippen LogP contribution in [0.5, 0.6) is 0 Å². The summed E-state index contributed by atoms with van der Waals surface area (Å²) in [4.78, 5) is 14.5. The molecule has 0 N–H and O–H groups in total. The molecule has 128 valence electrons. The molecule has 1 unspecified atom stereocenters. The summed E-state index contributed by atoms with van der Waals surface area (Å²) in [6.07, 6.45) is 0.439. The number of hydrogen-bond donors (Lipinski definition) is 0. The molecule has 1 atom stereocenters. The van der Waals surface area contributed by atoms with Gasteiger partial charge in [0.1, 0.15) is 11.5 Å². The molecule has 0 aliphatic carbocycles. The van der Waals surface area contributed by atoms with Crippen molar-refractivity contribution in [2.75, 3.05) is 11.5 Å². The van der Waals surface area contributed by atoms with E-state index in [4.69, 9.17) is 16.0 Å². The Morgan fingerprint density at radius 1 is 1.33 bits per heavy atom. The van der Waals surface area contributed by atoms with Crippen LogP contribution in [0.4, 0.5) is 0 Å². The molecule has 7 heteroatoms. The van der Waals surface area contributed by atoms with Crippen LogP contribution < -0.4 is 0 Å². The van der Waals surface area contributed by atoms with Crippen LogP contribution >= 0.6 is 11.6 Å². The van der Waals surface area contributed by atoms with Crippen LogP contribution in [0.2, 0.25) is 5.02 Å². The minimum absolute atomic E-state index is 0.0149. The summed E-state index contributed by atoms with van der Waals surface area (Å²) in [5.41, 5.74) is 0.440. The van der Waals surface area contributed by atoms with Crippen LogP contribution in [0.15, 0.2) is 40.8 Å². The molecule has 24 heavy (non-hydrogen) atoms. The van der Waals surface area contributed by atoms with Gasteiger partial charge in [0.2, 0.25) is 0 Å². The number of nitrogens with zero attached hydrogens (tertiary/aromatic N) is 1. The summed E-state index contributed by atoms with van der Waals surface area (Å²) in [5.74, 6) is 1.23. The van der Waals surface area contributed by atoms with Crippen LogP contribution in [0.1, 0.15) is 28.3 Å². The summed E-state index contributed by atoms with van der Waals surface area (Å²) in [7, 11) is -3.10. The Bertz CT molecular complexity index is 859. The van der Waals surface area contributed by atoms with E-state index in [9.17, 15) is 13.2 Å². The first-order valence-corrected chi connectivity index (χ1v) is 9.86. The van der Waals surface area contributed by atoms with E-state index in [1.807, 2.05) is 13.0 Å². The highest BCUT2D eigenvalue weighted by Gasteiger charge is 2.35. The lowest BCUT2D eigenvalue weighted by Crippen LogP contribution is -2.40. The summed E-state index contributed by atoms with van der Waals surface area (Å²) in [6, 6.07) is 9.94. The van der Waals surface area contributed by atoms with E-state index in [0.29, 0.717) is 22.8 Å². The molecule has 1 aromatic carbocycles. The Kier molecular flexibility index (Phi) is 4.69. The normalized spacial score (nSPS) is 19.3. The van der Waals surface area contributed by atoms with Crippen LogP contribution in [0.25, 0.3) is 0 Å². The molecule has 1 amide bonds. The second-order valence-electron chi connectivity index (χ2n) is 6.01. The molecule has 1 aliphatic rings. The number of furan rings is 1. The highest BCUT2D eigenvalue weighted by molar-refractivity contribution is 7.91. The van der Waals surface area contributed by atoms with Crippen molar-refractivity contribution < 1.29 is 17.6 Å². The number of carbonyl (C=O) groups excluding carboxylic acids is 1. The number of sulfone groups is 1. The zero-order valence-corrected chi connectivity index (χ0v) is 14.8. The molecule has 1 aromatic heterocycles. The van der Waals surface area contributed by atoms with E-state index in [1.165, 1.54) is 0 Å². The maximum Gasteiger partial charge on any atom is 0.254 e. The van der Waals surface area contributed by atoms with Gasteiger partial charge in [-0.2, -0.15) is 0 Å². The molecule has 0 saturated carbocycles. The van der Waals surface area contributed by atoms with Crippen LogP contribution in [0.3, 0.4) is 0 Å². The lowest BCUT2D eigenvalue weighted by atomic mass is 10.1. The Hall–Kier alpha value is -1.79. The molecular weight excluding hydrogens is 350 g/mol. The van der Waals surface area contributed by atoms with Gasteiger partial charge < -0.3 is 9.32 Å². The summed E-state index contributed by atoms with van der Waals surface area (Å²) < 4.78 is 29.2. The van der Waals surface area contributed by atoms with Crippen molar-refractivity contribution in [3.63, 3.8) is 0 Å². The van der Waals surface area contributed by atoms with Crippen molar-refractivity contribution in [3.8, 4) is 0 Å². The van der Waals surface area contributed by atoms with Gasteiger partial charge in [0.25, 0.3) is 5.91 Å². The van der Waals surface area contributed by atoms with Crippen molar-refractivity contribution in [2.45, 2.75) is 25.9 Å². The largest absolute Gasteiger partial charge is 0.464 e. The average Bonchev–Trinajstić information content (AvgIpc) is 3.09. The summed E-state index contributed by atoms with van der Waals surface area (Å²) in [6.45, 7) is 2.06. The Morgan fingerprint density at radius 3 is 2.71 bits per heavy atom. The van der Waals surface area contributed by atoms with Crippen molar-refractivity contribution in [1.82, 2.24) is 4.90 Å². The SMILES string of the molecule is Cc1ccc(CN(C(=O)c2cccc(Cl)c2)C2CCS(=O)(=O)C2)o1. The second kappa shape index (κ2) is 6.61. The molecule has 3 rings (SSSR count). The van der Waals surface area contributed by atoms with Crippen molar-refractivity contribution >= 4 is 27.3 Å². The van der Waals surface area contributed by atoms with E-state index in [2.05, 4.69) is 0 Å². The summed E-state index contributed by atoms with van der Waals surface area (Å²) >= 11 is 5.98. The zero-order chi connectivity index (χ0) is 17.3. The van der Waals surface area contributed by atoms with Crippen LogP contribution in [0, 0.1) is 6.92 Å². The predicted molar refractivity (Wildman–Crippen MR) is 91.8 cm³/mol. The number of halogens is 1. The van der Waals surface area contributed by atoms with Gasteiger partial charge in [-0.15, -0.1) is 0 Å². The first-order chi connectivity index (χ1) is 11.3. The van der Waals surface area contributed by atoms with Gasteiger partial charge >= 0.3 is 0 Å². The third kappa shape index (κ3) is 3.82. The first-order valence-electron chi connectivity index (χ1n) is 7.66. The quantitative estimate of drug-likeness (QED) is 0.832. The lowest BCUT2D eigenvalue weighted by molar-refractivity contribution is 0.0665. The third-order valence-corrected chi connectivity index (χ3v) is 6.09. The number of aryl methyl sites for hydroxylation is 1. The van der Waals surface area contributed by atoms with Crippen molar-refractivity contribution in [1.29, 1.82) is 0 Å². The van der Waals surface area contributed by atoms with Gasteiger partial charge in [0.05, 0.1) is 18.1 Å². The van der Waals surface area contributed by atoms with Crippen molar-refractivity contribution in [3.05, 3.63) is 58.5 Å². The van der Waals surface area contributed by atoms with E-state index in [1.54, 1.807) is 35.2 Å². The smallest absolute Gasteiger partial charge is 0.254 e. The zero-order valence-electron chi connectivity index (χ0n) is 13.2. The minimum Gasteiger partial charge on any atom is -0.464 e. The molecule has 1 fully saturated rings. The fourth-order valence-electron chi connectivity index (χ4n) is 2.91. The monoisotopic (exact) mass is 367 g/mol. The van der Waals surface area contributed by atoms with E-state index in [0.717, 1.165) is 5.76 Å². The van der Waals surface area contributed by atoms with Gasteiger partial charge in [-0.25, -0.2) is 8.42 Å². The molecule has 2 heterocycles. The Balaban J connectivity index is 1.90. The number of amides is 1. The third-order valence-electron chi connectivity index (χ3n) is 4.10. The van der Waals surface area contributed by atoms with Gasteiger partial charge in [-0.3, -0.25) is 4.79 Å². The molecule has 0 spiro atoms. The topological polar surface area (TPSA) is 67.6 Å². The lowest BCUT2D eigenvalue weighted by Gasteiger charge is -2.27. The Morgan fingerprint density at radius 2 is 2.12 bits per heavy atom. The highest BCUT2D eigenvalue weighted by atomic mass is 35.5. The molecular formula is C17H18ClNO4S. The number of hydrogen-bond acceptors (Lipinski definition) is 4. The Labute approximate surface area is 146 Å². The molecule has 1 saturated heterocycles. The molecule has 5 nitrogen and oxygen atoms in total. The molecule has 2 aromatic rings. The maximum atomic E-state index is 12.9. The standard InChI is InChI=1S/C17H18ClNO4S/c1-12-5-6-16(23-12)10-19(15-7-8-24(21,22)11-15)17(20)13-3-2-4-14(18)9-13/h2-6,9,15H,7-8,10-11H2,1H3. The highest BCUT2D eigenvalue weighted by Crippen LogP contribution is 2.24. The summed E-state index contributed by atoms with van der Waals surface area (Å²) in [5, 5.41) is 0.466. The maximum absolute atomic E-state index is 12.9. The van der Waals surface area contributed by atoms with Gasteiger partial charge in [-0.1, -0.05) is 17.7 Å². The van der Waals surface area contributed by atoms with Crippen LogP contribution in [-0.4, -0.2) is 36.8 Å². The van der Waals surface area contributed by atoms with E-state index in [-0.39, 0.29) is 30.0 Å². The van der Waals surface area contributed by atoms with Gasteiger partial charge in [0.15, 0.2) is 9.84 Å². The minimum atomic E-state index is -3.10. The van der Waals surface area contributed by atoms with E-state index < -0.39 is 9.84 Å². The number of benzene rings is 1. The number of carbonyl (C=O) groups is 1. The van der Waals surface area contributed by atoms with Gasteiger partial charge in [-0.05, 0) is 43.7 Å².